The number of carbonyl (C=O) groups is 1. The molecular formula is C19H18ClN3O2S. The van der Waals surface area contributed by atoms with Crippen molar-refractivity contribution in [3.05, 3.63) is 63.7 Å². The molecule has 0 radical (unpaired) electrons. The Hall–Kier alpha value is -2.44. The Morgan fingerprint density at radius 2 is 2.08 bits per heavy atom. The number of benzene rings is 1. The van der Waals surface area contributed by atoms with Crippen LogP contribution in [-0.4, -0.2) is 23.0 Å². The second-order valence-electron chi connectivity index (χ2n) is 6.17. The van der Waals surface area contributed by atoms with Crippen LogP contribution in [0.1, 0.15) is 29.3 Å². The molecule has 3 aromatic rings. The van der Waals surface area contributed by atoms with Gasteiger partial charge >= 0.3 is 0 Å². The molecule has 0 fully saturated rings. The summed E-state index contributed by atoms with van der Waals surface area (Å²) in [6.07, 6.45) is 1.72. The maximum absolute atomic E-state index is 12.7. The summed E-state index contributed by atoms with van der Waals surface area (Å²) in [7, 11) is 1.57. The third-order valence-corrected chi connectivity index (χ3v) is 5.13. The van der Waals surface area contributed by atoms with Crippen LogP contribution in [0, 0.1) is 0 Å². The van der Waals surface area contributed by atoms with Gasteiger partial charge < -0.3 is 10.1 Å². The van der Waals surface area contributed by atoms with E-state index in [4.69, 9.17) is 16.3 Å². The van der Waals surface area contributed by atoms with E-state index in [1.807, 2.05) is 31.4 Å². The van der Waals surface area contributed by atoms with Gasteiger partial charge in [-0.3, -0.25) is 4.79 Å². The molecule has 0 bridgehead atoms. The van der Waals surface area contributed by atoms with Crippen LogP contribution < -0.4 is 10.1 Å². The number of halogens is 1. The SMILES string of the molecule is COc1ccc(C(=O)NC(C)(C)c2nccs2)nc1-c1cccc(Cl)c1. The first kappa shape index (κ1) is 18.4. The summed E-state index contributed by atoms with van der Waals surface area (Å²) in [6, 6.07) is 10.6. The van der Waals surface area contributed by atoms with Crippen LogP contribution in [0.5, 0.6) is 5.75 Å². The fourth-order valence-electron chi connectivity index (χ4n) is 2.51. The second-order valence-corrected chi connectivity index (χ2v) is 7.51. The zero-order valence-electron chi connectivity index (χ0n) is 14.6. The summed E-state index contributed by atoms with van der Waals surface area (Å²) < 4.78 is 5.39. The number of amides is 1. The third kappa shape index (κ3) is 3.86. The highest BCUT2D eigenvalue weighted by Gasteiger charge is 2.27. The highest BCUT2D eigenvalue weighted by atomic mass is 35.5. The molecule has 0 aliphatic heterocycles. The highest BCUT2D eigenvalue weighted by Crippen LogP contribution is 2.30. The number of carbonyl (C=O) groups excluding carboxylic acids is 1. The van der Waals surface area contributed by atoms with Crippen molar-refractivity contribution >= 4 is 28.8 Å². The van der Waals surface area contributed by atoms with E-state index in [1.54, 1.807) is 37.6 Å². The van der Waals surface area contributed by atoms with E-state index in [0.717, 1.165) is 10.6 Å². The van der Waals surface area contributed by atoms with Crippen molar-refractivity contribution in [1.29, 1.82) is 0 Å². The number of nitrogens with one attached hydrogen (secondary N) is 1. The second kappa shape index (κ2) is 7.43. The first-order chi connectivity index (χ1) is 12.4. The van der Waals surface area contributed by atoms with Gasteiger partial charge in [-0.15, -0.1) is 11.3 Å². The van der Waals surface area contributed by atoms with E-state index in [0.29, 0.717) is 22.2 Å². The van der Waals surface area contributed by atoms with E-state index in [-0.39, 0.29) is 5.91 Å². The van der Waals surface area contributed by atoms with Crippen molar-refractivity contribution in [2.24, 2.45) is 0 Å². The quantitative estimate of drug-likeness (QED) is 0.698. The molecule has 5 nitrogen and oxygen atoms in total. The molecule has 26 heavy (non-hydrogen) atoms. The van der Waals surface area contributed by atoms with Crippen molar-refractivity contribution in [2.75, 3.05) is 7.11 Å². The van der Waals surface area contributed by atoms with Gasteiger partial charge in [0.2, 0.25) is 0 Å². The summed E-state index contributed by atoms with van der Waals surface area (Å²) in [4.78, 5) is 21.5. The zero-order chi connectivity index (χ0) is 18.7. The minimum atomic E-state index is -0.594. The molecule has 7 heteroatoms. The number of nitrogens with zero attached hydrogens (tertiary/aromatic N) is 2. The lowest BCUT2D eigenvalue weighted by Gasteiger charge is -2.23. The lowest BCUT2D eigenvalue weighted by atomic mass is 10.1. The summed E-state index contributed by atoms with van der Waals surface area (Å²) in [6.45, 7) is 3.82. The molecule has 1 N–H and O–H groups in total. The van der Waals surface area contributed by atoms with Crippen molar-refractivity contribution in [2.45, 2.75) is 19.4 Å². The van der Waals surface area contributed by atoms with E-state index in [9.17, 15) is 4.79 Å². The normalized spacial score (nSPS) is 11.2. The maximum Gasteiger partial charge on any atom is 0.270 e. The van der Waals surface area contributed by atoms with Crippen molar-refractivity contribution in [3.63, 3.8) is 0 Å². The molecule has 2 aromatic heterocycles. The van der Waals surface area contributed by atoms with Crippen molar-refractivity contribution in [1.82, 2.24) is 15.3 Å². The van der Waals surface area contributed by atoms with Gasteiger partial charge in [-0.25, -0.2) is 9.97 Å². The number of methoxy groups -OCH3 is 1. The molecule has 0 unspecified atom stereocenters. The zero-order valence-corrected chi connectivity index (χ0v) is 16.2. The molecule has 0 aliphatic carbocycles. The number of pyridine rings is 1. The Morgan fingerprint density at radius 3 is 2.73 bits per heavy atom. The van der Waals surface area contributed by atoms with Crippen LogP contribution in [0.15, 0.2) is 48.0 Å². The Bertz CT molecular complexity index is 926. The van der Waals surface area contributed by atoms with Gasteiger partial charge in [-0.05, 0) is 38.1 Å². The first-order valence-electron chi connectivity index (χ1n) is 7.94. The van der Waals surface area contributed by atoms with Gasteiger partial charge in [-0.2, -0.15) is 0 Å². The lowest BCUT2D eigenvalue weighted by Crippen LogP contribution is -2.41. The maximum atomic E-state index is 12.7. The van der Waals surface area contributed by atoms with E-state index >= 15 is 0 Å². The van der Waals surface area contributed by atoms with Gasteiger partial charge in [0, 0.05) is 22.2 Å². The smallest absolute Gasteiger partial charge is 0.270 e. The summed E-state index contributed by atoms with van der Waals surface area (Å²) in [5.41, 5.74) is 1.05. The van der Waals surface area contributed by atoms with E-state index in [2.05, 4.69) is 15.3 Å². The summed E-state index contributed by atoms with van der Waals surface area (Å²) in [5, 5.41) is 6.28. The number of rotatable bonds is 5. The molecule has 0 aliphatic rings. The van der Waals surface area contributed by atoms with Crippen molar-refractivity contribution < 1.29 is 9.53 Å². The minimum Gasteiger partial charge on any atom is -0.494 e. The van der Waals surface area contributed by atoms with Gasteiger partial charge in [0.15, 0.2) is 0 Å². The molecule has 1 aromatic carbocycles. The van der Waals surface area contributed by atoms with Crippen LogP contribution in [0.2, 0.25) is 5.02 Å². The molecule has 0 spiro atoms. The lowest BCUT2D eigenvalue weighted by molar-refractivity contribution is 0.0907. The summed E-state index contributed by atoms with van der Waals surface area (Å²) >= 11 is 7.58. The van der Waals surface area contributed by atoms with E-state index < -0.39 is 5.54 Å². The number of ether oxygens (including phenoxy) is 1. The topological polar surface area (TPSA) is 64.1 Å². The van der Waals surface area contributed by atoms with Gasteiger partial charge in [0.1, 0.15) is 22.1 Å². The molecule has 0 saturated heterocycles. The number of hydrogen-bond acceptors (Lipinski definition) is 5. The monoisotopic (exact) mass is 387 g/mol. The largest absolute Gasteiger partial charge is 0.494 e. The van der Waals surface area contributed by atoms with Gasteiger partial charge in [0.25, 0.3) is 5.91 Å². The van der Waals surface area contributed by atoms with Crippen LogP contribution in [0.4, 0.5) is 0 Å². The minimum absolute atomic E-state index is 0.281. The molecular weight excluding hydrogens is 370 g/mol. The van der Waals surface area contributed by atoms with Crippen LogP contribution in [0.25, 0.3) is 11.3 Å². The Kier molecular flexibility index (Phi) is 5.25. The third-order valence-electron chi connectivity index (χ3n) is 3.80. The van der Waals surface area contributed by atoms with Crippen LogP contribution in [-0.2, 0) is 5.54 Å². The van der Waals surface area contributed by atoms with Crippen LogP contribution in [0.3, 0.4) is 0 Å². The molecule has 3 rings (SSSR count). The molecule has 0 saturated carbocycles. The predicted molar refractivity (Wildman–Crippen MR) is 104 cm³/mol. The number of thiazole rings is 1. The van der Waals surface area contributed by atoms with E-state index in [1.165, 1.54) is 11.3 Å². The molecule has 0 atom stereocenters. The van der Waals surface area contributed by atoms with Gasteiger partial charge in [-0.1, -0.05) is 23.7 Å². The first-order valence-corrected chi connectivity index (χ1v) is 9.20. The fraction of sp³-hybridized carbons (Fsp3) is 0.211. The number of aromatic nitrogens is 2. The average molecular weight is 388 g/mol. The average Bonchev–Trinajstić information content (AvgIpc) is 3.16. The predicted octanol–water partition coefficient (Wildman–Crippen LogP) is 4.53. The molecule has 2 heterocycles. The van der Waals surface area contributed by atoms with Gasteiger partial charge in [0.05, 0.1) is 12.6 Å². The Morgan fingerprint density at radius 1 is 1.27 bits per heavy atom. The standard InChI is InChI=1S/C19H18ClN3O2S/c1-19(2,18-21-9-10-26-18)23-17(24)14-7-8-15(25-3)16(22-14)12-5-4-6-13(20)11-12/h4-11H,1-3H3,(H,23,24). The van der Waals surface area contributed by atoms with Crippen molar-refractivity contribution in [3.8, 4) is 17.0 Å². The Labute approximate surface area is 161 Å². The highest BCUT2D eigenvalue weighted by molar-refractivity contribution is 7.09. The van der Waals surface area contributed by atoms with Crippen LogP contribution >= 0.6 is 22.9 Å². The number of hydrogen-bond donors (Lipinski definition) is 1. The Balaban J connectivity index is 1.93. The fourth-order valence-corrected chi connectivity index (χ4v) is 3.42. The molecule has 1 amide bonds. The summed E-state index contributed by atoms with van der Waals surface area (Å²) in [5.74, 6) is 0.291. The molecule has 134 valence electrons.